The second kappa shape index (κ2) is 8.74. The number of rotatable bonds is 7. The van der Waals surface area contributed by atoms with Crippen molar-refractivity contribution < 1.29 is 24.0 Å². The van der Waals surface area contributed by atoms with Crippen LogP contribution in [-0.2, 0) is 14.3 Å². The molecule has 0 aromatic heterocycles. The Hall–Kier alpha value is -3.85. The number of carbonyl (C=O) groups excluding carboxylic acids is 3. The lowest BCUT2D eigenvalue weighted by atomic mass is 9.85. The zero-order chi connectivity index (χ0) is 24.9. The quantitative estimate of drug-likeness (QED) is 0.199. The molecule has 2 amide bonds. The summed E-state index contributed by atoms with van der Waals surface area (Å²) in [5.74, 6) is -2.66. The van der Waals surface area contributed by atoms with Crippen molar-refractivity contribution in [3.8, 4) is 0 Å². The van der Waals surface area contributed by atoms with Gasteiger partial charge in [0.05, 0.1) is 22.8 Å². The summed E-state index contributed by atoms with van der Waals surface area (Å²) in [6.45, 7) is 2.59. The van der Waals surface area contributed by atoms with Crippen LogP contribution in [0.3, 0.4) is 0 Å². The Labute approximate surface area is 202 Å². The number of hydrogen-bond donors (Lipinski definition) is 0. The molecule has 0 N–H and O–H groups in total. The van der Waals surface area contributed by atoms with Gasteiger partial charge < -0.3 is 9.64 Å². The normalized spacial score (nSPS) is 24.7. The fourth-order valence-electron chi connectivity index (χ4n) is 5.69. The van der Waals surface area contributed by atoms with Crippen LogP contribution >= 0.6 is 0 Å². The summed E-state index contributed by atoms with van der Waals surface area (Å²) in [5, 5.41) is 11.3. The number of anilines is 1. The number of methoxy groups -OCH3 is 1. The number of ketones is 1. The van der Waals surface area contributed by atoms with E-state index in [9.17, 15) is 24.5 Å². The summed E-state index contributed by atoms with van der Waals surface area (Å²) in [4.78, 5) is 55.0. The van der Waals surface area contributed by atoms with Crippen molar-refractivity contribution in [3.63, 3.8) is 0 Å². The van der Waals surface area contributed by atoms with Gasteiger partial charge in [-0.05, 0) is 25.0 Å². The zero-order valence-corrected chi connectivity index (χ0v) is 19.4. The van der Waals surface area contributed by atoms with Gasteiger partial charge in [-0.1, -0.05) is 36.4 Å². The standard InChI is InChI=1S/C26H25N3O6/c1-15-13-20-21-22(26(32)27(25(21)31)11-6-12-35-2)23(28(20)19-10-4-3-9-18(15)19)24(30)16-7-5-8-17(14-16)29(33)34/h3-5,7-10,13-14,20-23H,6,11-12H2,1-2H3/t20-,21+,22+,23+/m1/s1. The Morgan fingerprint density at radius 2 is 1.83 bits per heavy atom. The summed E-state index contributed by atoms with van der Waals surface area (Å²) >= 11 is 0. The fourth-order valence-corrected chi connectivity index (χ4v) is 5.69. The number of nitrogens with zero attached hydrogens (tertiary/aromatic N) is 3. The Morgan fingerprint density at radius 1 is 1.09 bits per heavy atom. The van der Waals surface area contributed by atoms with Gasteiger partial charge in [-0.15, -0.1) is 0 Å². The number of Topliss-reactive ketones (excluding diaryl/α,β-unsaturated/α-hetero) is 1. The largest absolute Gasteiger partial charge is 0.385 e. The number of imide groups is 1. The number of benzene rings is 2. The number of nitro groups is 1. The molecule has 0 radical (unpaired) electrons. The molecule has 2 saturated heterocycles. The van der Waals surface area contributed by atoms with Gasteiger partial charge in [-0.2, -0.15) is 0 Å². The second-order valence-corrected chi connectivity index (χ2v) is 9.11. The molecule has 9 nitrogen and oxygen atoms in total. The highest BCUT2D eigenvalue weighted by molar-refractivity contribution is 6.14. The van der Waals surface area contributed by atoms with Crippen LogP contribution in [0.25, 0.3) is 5.57 Å². The first-order valence-corrected chi connectivity index (χ1v) is 11.5. The molecule has 2 fully saturated rings. The maximum atomic E-state index is 13.9. The molecule has 35 heavy (non-hydrogen) atoms. The number of ether oxygens (including phenoxy) is 1. The molecule has 5 rings (SSSR count). The van der Waals surface area contributed by atoms with E-state index in [1.54, 1.807) is 7.11 Å². The zero-order valence-electron chi connectivity index (χ0n) is 19.4. The van der Waals surface area contributed by atoms with Gasteiger partial charge in [0, 0.05) is 49.2 Å². The summed E-state index contributed by atoms with van der Waals surface area (Å²) in [7, 11) is 1.56. The molecule has 0 bridgehead atoms. The van der Waals surface area contributed by atoms with Gasteiger partial charge >= 0.3 is 0 Å². The van der Waals surface area contributed by atoms with Crippen molar-refractivity contribution in [2.75, 3.05) is 25.2 Å². The van der Waals surface area contributed by atoms with E-state index >= 15 is 0 Å². The number of allylic oxidation sites excluding steroid dienone is 1. The Morgan fingerprint density at radius 3 is 2.57 bits per heavy atom. The molecule has 4 atom stereocenters. The van der Waals surface area contributed by atoms with Crippen LogP contribution in [0.2, 0.25) is 0 Å². The number of hydrogen-bond acceptors (Lipinski definition) is 7. The van der Waals surface area contributed by atoms with Gasteiger partial charge in [-0.3, -0.25) is 29.4 Å². The molecule has 2 aromatic rings. The van der Waals surface area contributed by atoms with E-state index in [1.165, 1.54) is 29.2 Å². The van der Waals surface area contributed by atoms with Crippen molar-refractivity contribution in [3.05, 3.63) is 75.8 Å². The van der Waals surface area contributed by atoms with Gasteiger partial charge in [0.1, 0.15) is 6.04 Å². The first-order valence-electron chi connectivity index (χ1n) is 11.5. The van der Waals surface area contributed by atoms with E-state index in [-0.39, 0.29) is 29.6 Å². The van der Waals surface area contributed by atoms with E-state index in [4.69, 9.17) is 4.74 Å². The minimum absolute atomic E-state index is 0.144. The van der Waals surface area contributed by atoms with Crippen molar-refractivity contribution in [1.29, 1.82) is 0 Å². The van der Waals surface area contributed by atoms with Gasteiger partial charge in [0.15, 0.2) is 5.78 Å². The van der Waals surface area contributed by atoms with Crippen LogP contribution in [-0.4, -0.2) is 59.8 Å². The molecular weight excluding hydrogens is 450 g/mol. The highest BCUT2D eigenvalue weighted by atomic mass is 16.6. The minimum Gasteiger partial charge on any atom is -0.385 e. The smallest absolute Gasteiger partial charge is 0.270 e. The lowest BCUT2D eigenvalue weighted by Crippen LogP contribution is -2.49. The number of non-ortho nitro benzene ring substituents is 1. The topological polar surface area (TPSA) is 110 Å². The van der Waals surface area contributed by atoms with Gasteiger partial charge in [0.2, 0.25) is 11.8 Å². The lowest BCUT2D eigenvalue weighted by Gasteiger charge is -2.38. The lowest BCUT2D eigenvalue weighted by molar-refractivity contribution is -0.384. The average molecular weight is 476 g/mol. The highest BCUT2D eigenvalue weighted by Gasteiger charge is 2.64. The molecule has 0 unspecified atom stereocenters. The number of para-hydroxylation sites is 1. The number of nitro benzene ring substituents is 1. The third-order valence-electron chi connectivity index (χ3n) is 7.19. The summed E-state index contributed by atoms with van der Waals surface area (Å²) in [6, 6.07) is 11.7. The van der Waals surface area contributed by atoms with Crippen LogP contribution in [0.1, 0.15) is 29.3 Å². The van der Waals surface area contributed by atoms with Crippen LogP contribution in [0.5, 0.6) is 0 Å². The first-order chi connectivity index (χ1) is 16.8. The van der Waals surface area contributed by atoms with E-state index < -0.39 is 34.6 Å². The predicted octanol–water partition coefficient (Wildman–Crippen LogP) is 3.09. The molecule has 9 heteroatoms. The molecule has 0 aliphatic carbocycles. The molecule has 3 aliphatic rings. The highest BCUT2D eigenvalue weighted by Crippen LogP contribution is 2.50. The van der Waals surface area contributed by atoms with Crippen molar-refractivity contribution in [2.24, 2.45) is 11.8 Å². The van der Waals surface area contributed by atoms with Crippen LogP contribution in [0.15, 0.2) is 54.6 Å². The monoisotopic (exact) mass is 475 g/mol. The van der Waals surface area contributed by atoms with E-state index in [0.29, 0.717) is 13.0 Å². The molecule has 0 spiro atoms. The van der Waals surface area contributed by atoms with Crippen LogP contribution < -0.4 is 4.90 Å². The molecule has 3 heterocycles. The second-order valence-electron chi connectivity index (χ2n) is 9.11. The third kappa shape index (κ3) is 3.54. The molecule has 0 saturated carbocycles. The molecular formula is C26H25N3O6. The van der Waals surface area contributed by atoms with Crippen molar-refractivity contribution in [2.45, 2.75) is 25.4 Å². The molecule has 180 valence electrons. The van der Waals surface area contributed by atoms with E-state index in [0.717, 1.165) is 16.8 Å². The fraction of sp³-hybridized carbons (Fsp3) is 0.346. The van der Waals surface area contributed by atoms with Crippen molar-refractivity contribution in [1.82, 2.24) is 4.90 Å². The van der Waals surface area contributed by atoms with Gasteiger partial charge in [0.25, 0.3) is 5.69 Å². The number of carbonyl (C=O) groups is 3. The summed E-state index contributed by atoms with van der Waals surface area (Å²) < 4.78 is 5.08. The van der Waals surface area contributed by atoms with Crippen molar-refractivity contribution >= 4 is 34.5 Å². The molecule has 2 aromatic carbocycles. The van der Waals surface area contributed by atoms with E-state index in [1.807, 2.05) is 42.2 Å². The average Bonchev–Trinajstić information content (AvgIpc) is 3.32. The number of amides is 2. The van der Waals surface area contributed by atoms with E-state index in [2.05, 4.69) is 0 Å². The first kappa shape index (κ1) is 22.9. The third-order valence-corrected chi connectivity index (χ3v) is 7.19. The number of likely N-dealkylation sites (tertiary alicyclic amines) is 1. The maximum absolute atomic E-state index is 13.9. The van der Waals surface area contributed by atoms with Crippen LogP contribution in [0, 0.1) is 22.0 Å². The summed E-state index contributed by atoms with van der Waals surface area (Å²) in [5.41, 5.74) is 2.62. The number of fused-ring (bicyclic) bond motifs is 5. The molecule has 3 aliphatic heterocycles. The Kier molecular flexibility index (Phi) is 5.72. The summed E-state index contributed by atoms with van der Waals surface area (Å²) in [6.07, 6.45) is 2.47. The Bertz CT molecular complexity index is 1270. The predicted molar refractivity (Wildman–Crippen MR) is 128 cm³/mol. The Balaban J connectivity index is 1.62. The SMILES string of the molecule is COCCCN1C(=O)[C@@H]2[C@H](C1=O)[C@@H](C(=O)c1cccc([N+](=O)[O-])c1)N1c3ccccc3C(C)=C[C@H]21. The van der Waals surface area contributed by atoms with Crippen LogP contribution in [0.4, 0.5) is 11.4 Å². The minimum atomic E-state index is -0.957. The van der Waals surface area contributed by atoms with Gasteiger partial charge in [-0.25, -0.2) is 0 Å². The maximum Gasteiger partial charge on any atom is 0.270 e.